The number of Topliss-reactive ketones (excluding diaryl/α,β-unsaturated/α-hetero) is 1. The number of aldehydes is 1. The summed E-state index contributed by atoms with van der Waals surface area (Å²) in [6.07, 6.45) is 0.696. The zero-order chi connectivity index (χ0) is 17.0. The van der Waals surface area contributed by atoms with Gasteiger partial charge in [-0.3, -0.25) is 4.79 Å². The third kappa shape index (κ3) is 3.86. The number of carbonyl (C=O) groups is 2. The molecule has 23 heavy (non-hydrogen) atoms. The zero-order valence-corrected chi connectivity index (χ0v) is 14.0. The van der Waals surface area contributed by atoms with Gasteiger partial charge in [0.25, 0.3) is 0 Å². The minimum absolute atomic E-state index is 0.0294. The fraction of sp³-hybridized carbons (Fsp3) is 0.300. The Bertz CT molecular complexity index is 676. The summed E-state index contributed by atoms with van der Waals surface area (Å²) < 4.78 is 5.10. The molecule has 3 heteroatoms. The molecule has 0 saturated heterocycles. The van der Waals surface area contributed by atoms with E-state index in [9.17, 15) is 9.59 Å². The molecule has 2 aromatic rings. The van der Waals surface area contributed by atoms with Crippen LogP contribution in [-0.4, -0.2) is 19.2 Å². The molecule has 0 aromatic heterocycles. The van der Waals surface area contributed by atoms with Crippen LogP contribution in [0, 0.1) is 0 Å². The Morgan fingerprint density at radius 3 is 2.00 bits per heavy atom. The highest BCUT2D eigenvalue weighted by Gasteiger charge is 2.22. The molecule has 0 N–H and O–H groups in total. The number of rotatable bonds is 5. The van der Waals surface area contributed by atoms with E-state index in [2.05, 4.69) is 20.8 Å². The molecular weight excluding hydrogens is 288 g/mol. The number of ketones is 1. The third-order valence-electron chi connectivity index (χ3n) is 3.93. The van der Waals surface area contributed by atoms with Crippen LogP contribution in [0.4, 0.5) is 0 Å². The van der Waals surface area contributed by atoms with Crippen LogP contribution in [0.25, 0.3) is 0 Å². The summed E-state index contributed by atoms with van der Waals surface area (Å²) in [6, 6.07) is 14.5. The Kier molecular flexibility index (Phi) is 4.99. The van der Waals surface area contributed by atoms with Gasteiger partial charge in [0.1, 0.15) is 18.0 Å². The van der Waals surface area contributed by atoms with Crippen molar-refractivity contribution >= 4 is 12.1 Å². The van der Waals surface area contributed by atoms with Crippen LogP contribution in [0.1, 0.15) is 48.2 Å². The van der Waals surface area contributed by atoms with E-state index in [1.54, 1.807) is 43.5 Å². The van der Waals surface area contributed by atoms with Gasteiger partial charge in [-0.1, -0.05) is 57.2 Å². The van der Waals surface area contributed by atoms with Gasteiger partial charge in [0.2, 0.25) is 0 Å². The van der Waals surface area contributed by atoms with Crippen molar-refractivity contribution in [2.24, 2.45) is 0 Å². The van der Waals surface area contributed by atoms with Crippen LogP contribution >= 0.6 is 0 Å². The Labute approximate surface area is 137 Å². The van der Waals surface area contributed by atoms with Gasteiger partial charge in [0.15, 0.2) is 5.78 Å². The van der Waals surface area contributed by atoms with E-state index in [1.807, 2.05) is 12.1 Å². The van der Waals surface area contributed by atoms with Gasteiger partial charge in [-0.2, -0.15) is 0 Å². The van der Waals surface area contributed by atoms with E-state index in [0.29, 0.717) is 23.2 Å². The first-order valence-electron chi connectivity index (χ1n) is 7.61. The Balaban J connectivity index is 2.27. The largest absolute Gasteiger partial charge is 0.497 e. The van der Waals surface area contributed by atoms with Crippen molar-refractivity contribution in [2.45, 2.75) is 32.1 Å². The number of hydrogen-bond acceptors (Lipinski definition) is 3. The van der Waals surface area contributed by atoms with Crippen molar-refractivity contribution in [3.8, 4) is 5.75 Å². The highest BCUT2D eigenvalue weighted by Crippen LogP contribution is 2.25. The lowest BCUT2D eigenvalue weighted by Gasteiger charge is -2.19. The molecule has 0 radical (unpaired) electrons. The zero-order valence-electron chi connectivity index (χ0n) is 14.0. The van der Waals surface area contributed by atoms with Crippen LogP contribution in [-0.2, 0) is 10.2 Å². The summed E-state index contributed by atoms with van der Waals surface area (Å²) in [5.74, 6) is -0.285. The predicted octanol–water partition coefficient (Wildman–Crippen LogP) is 4.16. The van der Waals surface area contributed by atoms with Crippen molar-refractivity contribution in [2.75, 3.05) is 7.11 Å². The number of hydrogen-bond donors (Lipinski definition) is 0. The molecule has 0 aliphatic carbocycles. The fourth-order valence-corrected chi connectivity index (χ4v) is 2.42. The lowest BCUT2D eigenvalue weighted by atomic mass is 9.85. The summed E-state index contributed by atoms with van der Waals surface area (Å²) in [5, 5.41) is 0. The van der Waals surface area contributed by atoms with Crippen molar-refractivity contribution in [1.29, 1.82) is 0 Å². The van der Waals surface area contributed by atoms with Crippen molar-refractivity contribution in [1.82, 2.24) is 0 Å². The topological polar surface area (TPSA) is 43.4 Å². The van der Waals surface area contributed by atoms with E-state index in [1.165, 1.54) is 0 Å². The van der Waals surface area contributed by atoms with Crippen molar-refractivity contribution in [3.63, 3.8) is 0 Å². The summed E-state index contributed by atoms with van der Waals surface area (Å²) in [4.78, 5) is 24.1. The predicted molar refractivity (Wildman–Crippen MR) is 91.3 cm³/mol. The first-order valence-corrected chi connectivity index (χ1v) is 7.61. The maximum absolute atomic E-state index is 12.6. The molecule has 0 spiro atoms. The van der Waals surface area contributed by atoms with Gasteiger partial charge in [0, 0.05) is 5.56 Å². The second-order valence-electron chi connectivity index (χ2n) is 6.58. The van der Waals surface area contributed by atoms with Gasteiger partial charge in [0.05, 0.1) is 7.11 Å². The fourth-order valence-electron chi connectivity index (χ4n) is 2.42. The highest BCUT2D eigenvalue weighted by atomic mass is 16.5. The first-order chi connectivity index (χ1) is 10.9. The lowest BCUT2D eigenvalue weighted by molar-refractivity contribution is -0.108. The summed E-state index contributed by atoms with van der Waals surface area (Å²) in [6.45, 7) is 6.36. The minimum atomic E-state index is -0.790. The molecule has 2 rings (SSSR count). The van der Waals surface area contributed by atoms with E-state index in [-0.39, 0.29) is 11.2 Å². The third-order valence-corrected chi connectivity index (χ3v) is 3.93. The molecule has 120 valence electrons. The molecule has 1 unspecified atom stereocenters. The molecule has 1 atom stereocenters. The second kappa shape index (κ2) is 6.78. The van der Waals surface area contributed by atoms with E-state index >= 15 is 0 Å². The normalized spacial score (nSPS) is 12.5. The second-order valence-corrected chi connectivity index (χ2v) is 6.58. The molecule has 0 amide bonds. The number of ether oxygens (including phenoxy) is 1. The Morgan fingerprint density at radius 1 is 1.00 bits per heavy atom. The Morgan fingerprint density at radius 2 is 1.57 bits per heavy atom. The van der Waals surface area contributed by atoms with Crippen molar-refractivity contribution < 1.29 is 14.3 Å². The summed E-state index contributed by atoms with van der Waals surface area (Å²) in [7, 11) is 1.58. The number of methoxy groups -OCH3 is 1. The van der Waals surface area contributed by atoms with E-state index in [4.69, 9.17) is 4.74 Å². The quantitative estimate of drug-likeness (QED) is 0.473. The van der Waals surface area contributed by atoms with Gasteiger partial charge < -0.3 is 9.53 Å². The molecular formula is C20H22O3. The maximum Gasteiger partial charge on any atom is 0.177 e. The monoisotopic (exact) mass is 310 g/mol. The molecule has 0 aliphatic heterocycles. The smallest absolute Gasteiger partial charge is 0.177 e. The molecule has 3 nitrogen and oxygen atoms in total. The SMILES string of the molecule is COc1ccc(C(C=O)C(=O)c2ccc(C(C)(C)C)cc2)cc1. The Hall–Kier alpha value is -2.42. The van der Waals surface area contributed by atoms with Crippen LogP contribution in [0.15, 0.2) is 48.5 Å². The van der Waals surface area contributed by atoms with Crippen molar-refractivity contribution in [3.05, 3.63) is 65.2 Å². The molecule has 2 aromatic carbocycles. The summed E-state index contributed by atoms with van der Waals surface area (Å²) in [5.41, 5.74) is 2.40. The minimum Gasteiger partial charge on any atom is -0.497 e. The molecule has 0 saturated carbocycles. The van der Waals surface area contributed by atoms with Crippen LogP contribution in [0.2, 0.25) is 0 Å². The van der Waals surface area contributed by atoms with Gasteiger partial charge >= 0.3 is 0 Å². The van der Waals surface area contributed by atoms with Gasteiger partial charge in [-0.05, 0) is 28.7 Å². The molecule has 0 fully saturated rings. The van der Waals surface area contributed by atoms with Gasteiger partial charge in [-0.15, -0.1) is 0 Å². The van der Waals surface area contributed by atoms with E-state index < -0.39 is 5.92 Å². The maximum atomic E-state index is 12.6. The number of carbonyl (C=O) groups excluding carboxylic acids is 2. The van der Waals surface area contributed by atoms with E-state index in [0.717, 1.165) is 5.56 Å². The van der Waals surface area contributed by atoms with Crippen LogP contribution in [0.5, 0.6) is 5.75 Å². The first kappa shape index (κ1) is 16.9. The molecule has 0 bridgehead atoms. The lowest BCUT2D eigenvalue weighted by Crippen LogP contribution is -2.15. The average Bonchev–Trinajstić information content (AvgIpc) is 2.55. The summed E-state index contributed by atoms with van der Waals surface area (Å²) >= 11 is 0. The van der Waals surface area contributed by atoms with Gasteiger partial charge in [-0.25, -0.2) is 0 Å². The highest BCUT2D eigenvalue weighted by molar-refractivity contribution is 6.09. The van der Waals surface area contributed by atoms with Crippen LogP contribution < -0.4 is 4.74 Å². The van der Waals surface area contributed by atoms with Crippen LogP contribution in [0.3, 0.4) is 0 Å². The number of benzene rings is 2. The average molecular weight is 310 g/mol. The molecule has 0 heterocycles. The standard InChI is InChI=1S/C20H22O3/c1-20(2,3)16-9-5-15(6-10-16)19(22)18(13-21)14-7-11-17(23-4)12-8-14/h5-13,18H,1-4H3. The molecule has 0 aliphatic rings.